The fourth-order valence-corrected chi connectivity index (χ4v) is 4.73. The van der Waals surface area contributed by atoms with Gasteiger partial charge in [-0.2, -0.15) is 0 Å². The zero-order valence-corrected chi connectivity index (χ0v) is 18.8. The number of carboxylic acid groups (broad SMARTS) is 1. The molecule has 1 unspecified atom stereocenters. The number of hydrogen-bond donors (Lipinski definition) is 2. The van der Waals surface area contributed by atoms with Crippen LogP contribution in [0.15, 0.2) is 90.0 Å². The van der Waals surface area contributed by atoms with E-state index in [0.717, 1.165) is 29.8 Å². The maximum absolute atomic E-state index is 12.7. The van der Waals surface area contributed by atoms with Gasteiger partial charge in [-0.3, -0.25) is 4.72 Å². The normalized spacial score (nSPS) is 12.9. The molecule has 7 nitrogen and oxygen atoms in total. The van der Waals surface area contributed by atoms with E-state index in [1.807, 2.05) is 30.3 Å². The number of hydrogen-bond acceptors (Lipinski definition) is 4. The van der Waals surface area contributed by atoms with Crippen molar-refractivity contribution in [2.24, 2.45) is 0 Å². The number of ether oxygens (including phenoxy) is 1. The Morgan fingerprint density at radius 3 is 2.31 bits per heavy atom. The first kappa shape index (κ1) is 24.1. The molecule has 0 spiro atoms. The molecule has 0 aliphatic rings. The molecule has 35 heavy (non-hydrogen) atoms. The van der Waals surface area contributed by atoms with Crippen LogP contribution in [0.1, 0.15) is 11.6 Å². The average molecular weight is 504 g/mol. The fourth-order valence-electron chi connectivity index (χ4n) is 3.68. The topological polar surface area (TPSA) is 97.6 Å². The molecule has 0 bridgehead atoms. The highest BCUT2D eigenvalue weighted by atomic mass is 32.2. The number of sulfonamides is 1. The maximum Gasteiger partial charge on any atom is 0.573 e. The van der Waals surface area contributed by atoms with Crippen molar-refractivity contribution in [3.8, 4) is 5.75 Å². The minimum absolute atomic E-state index is 0.209. The van der Waals surface area contributed by atoms with E-state index in [9.17, 15) is 31.5 Å². The van der Waals surface area contributed by atoms with Gasteiger partial charge in [-0.1, -0.05) is 30.3 Å². The molecule has 182 valence electrons. The quantitative estimate of drug-likeness (QED) is 0.343. The number of anilines is 1. The number of aromatic nitrogens is 1. The van der Waals surface area contributed by atoms with Crippen LogP contribution in [0.2, 0.25) is 0 Å². The van der Waals surface area contributed by atoms with Gasteiger partial charge in [0.25, 0.3) is 10.0 Å². The van der Waals surface area contributed by atoms with Gasteiger partial charge in [0.2, 0.25) is 0 Å². The number of carboxylic acids is 1. The van der Waals surface area contributed by atoms with E-state index in [4.69, 9.17) is 0 Å². The van der Waals surface area contributed by atoms with E-state index in [1.165, 1.54) is 6.07 Å². The van der Waals surface area contributed by atoms with Gasteiger partial charge in [-0.15, -0.1) is 13.2 Å². The minimum atomic E-state index is -4.88. The number of nitrogens with zero attached hydrogens (tertiary/aromatic N) is 1. The number of fused-ring (bicyclic) bond motifs is 1. The van der Waals surface area contributed by atoms with Crippen molar-refractivity contribution in [3.63, 3.8) is 0 Å². The van der Waals surface area contributed by atoms with Gasteiger partial charge in [-0.25, -0.2) is 13.2 Å². The Labute approximate surface area is 198 Å². The molecule has 0 saturated carbocycles. The van der Waals surface area contributed by atoms with Crippen LogP contribution < -0.4 is 9.46 Å². The van der Waals surface area contributed by atoms with Crippen LogP contribution in [0, 0.1) is 0 Å². The van der Waals surface area contributed by atoms with Gasteiger partial charge >= 0.3 is 12.3 Å². The van der Waals surface area contributed by atoms with Crippen molar-refractivity contribution in [1.82, 2.24) is 4.57 Å². The summed E-state index contributed by atoms with van der Waals surface area (Å²) < 4.78 is 70.0. The van der Waals surface area contributed by atoms with E-state index >= 15 is 0 Å². The predicted molar refractivity (Wildman–Crippen MR) is 123 cm³/mol. The molecule has 0 aliphatic heterocycles. The van der Waals surface area contributed by atoms with Crippen LogP contribution in [-0.4, -0.2) is 30.4 Å². The lowest BCUT2D eigenvalue weighted by atomic mass is 10.1. The summed E-state index contributed by atoms with van der Waals surface area (Å²) in [5.74, 6) is -1.54. The van der Waals surface area contributed by atoms with Crippen LogP contribution in [0.4, 0.5) is 18.9 Å². The lowest BCUT2D eigenvalue weighted by molar-refractivity contribution is -0.274. The van der Waals surface area contributed by atoms with Gasteiger partial charge in [0.15, 0.2) is 0 Å². The Morgan fingerprint density at radius 2 is 1.69 bits per heavy atom. The predicted octanol–water partition coefficient (Wildman–Crippen LogP) is 5.21. The van der Waals surface area contributed by atoms with Crippen molar-refractivity contribution >= 4 is 32.6 Å². The molecule has 4 rings (SSSR count). The molecule has 1 aromatic heterocycles. The van der Waals surface area contributed by atoms with Crippen molar-refractivity contribution in [1.29, 1.82) is 0 Å². The molecule has 0 radical (unpaired) electrons. The summed E-state index contributed by atoms with van der Waals surface area (Å²) in [6.07, 6.45) is -2.99. The lowest BCUT2D eigenvalue weighted by Gasteiger charge is -2.16. The van der Waals surface area contributed by atoms with Crippen molar-refractivity contribution in [3.05, 3.63) is 90.6 Å². The number of alkyl halides is 3. The molecule has 3 aromatic carbocycles. The SMILES string of the molecule is O=C(O)C(Cc1ccccc1)n1ccc2cc(NS(=O)(=O)c3ccc(OC(F)(F)F)cc3)ccc21. The second kappa shape index (κ2) is 9.34. The first-order valence-electron chi connectivity index (χ1n) is 10.3. The fraction of sp³-hybridized carbons (Fsp3) is 0.125. The Kier molecular flexibility index (Phi) is 6.44. The highest BCUT2D eigenvalue weighted by molar-refractivity contribution is 7.92. The molecule has 0 fully saturated rings. The highest BCUT2D eigenvalue weighted by Gasteiger charge is 2.31. The summed E-state index contributed by atoms with van der Waals surface area (Å²) in [7, 11) is -4.09. The monoisotopic (exact) mass is 504 g/mol. The number of aliphatic carboxylic acids is 1. The zero-order chi connectivity index (χ0) is 25.2. The van der Waals surface area contributed by atoms with E-state index in [1.54, 1.807) is 29.0 Å². The molecule has 4 aromatic rings. The summed E-state index contributed by atoms with van der Waals surface area (Å²) in [6.45, 7) is 0. The molecular weight excluding hydrogens is 485 g/mol. The third-order valence-corrected chi connectivity index (χ3v) is 6.63. The Morgan fingerprint density at radius 1 is 1.00 bits per heavy atom. The first-order chi connectivity index (χ1) is 16.5. The van der Waals surface area contributed by atoms with Gasteiger partial charge in [0, 0.05) is 29.2 Å². The minimum Gasteiger partial charge on any atom is -0.480 e. The van der Waals surface area contributed by atoms with Crippen molar-refractivity contribution in [2.45, 2.75) is 23.7 Å². The van der Waals surface area contributed by atoms with Crippen LogP contribution in [0.3, 0.4) is 0 Å². The van der Waals surface area contributed by atoms with Gasteiger partial charge in [-0.05, 0) is 54.1 Å². The average Bonchev–Trinajstić information content (AvgIpc) is 3.20. The number of nitrogens with one attached hydrogen (secondary N) is 1. The Balaban J connectivity index is 1.56. The smallest absolute Gasteiger partial charge is 0.480 e. The van der Waals surface area contributed by atoms with E-state index in [0.29, 0.717) is 10.9 Å². The van der Waals surface area contributed by atoms with Crippen LogP contribution >= 0.6 is 0 Å². The Hall–Kier alpha value is -3.99. The molecule has 2 N–H and O–H groups in total. The second-order valence-electron chi connectivity index (χ2n) is 7.67. The lowest BCUT2D eigenvalue weighted by Crippen LogP contribution is -2.20. The van der Waals surface area contributed by atoms with Crippen molar-refractivity contribution < 1.29 is 36.2 Å². The summed E-state index contributed by atoms with van der Waals surface area (Å²) in [5.41, 5.74) is 1.67. The van der Waals surface area contributed by atoms with E-state index < -0.39 is 34.1 Å². The zero-order valence-electron chi connectivity index (χ0n) is 17.9. The van der Waals surface area contributed by atoms with Gasteiger partial charge in [0.05, 0.1) is 4.90 Å². The summed E-state index contributed by atoms with van der Waals surface area (Å²) in [4.78, 5) is 11.7. The highest BCUT2D eigenvalue weighted by Crippen LogP contribution is 2.28. The first-order valence-corrected chi connectivity index (χ1v) is 11.8. The standard InChI is InChI=1S/C24H19F3N2O5S/c25-24(26,27)34-19-7-9-20(10-8-19)35(32,33)28-18-6-11-21-17(15-18)12-13-29(21)22(23(30)31)14-16-4-2-1-3-5-16/h1-13,15,22,28H,14H2,(H,30,31). The number of halogens is 3. The van der Waals surface area contributed by atoms with Gasteiger partial charge < -0.3 is 14.4 Å². The molecular formula is C24H19F3N2O5S. The van der Waals surface area contributed by atoms with Crippen LogP contribution in [-0.2, 0) is 21.2 Å². The number of carbonyl (C=O) groups is 1. The second-order valence-corrected chi connectivity index (χ2v) is 9.35. The molecule has 0 amide bonds. The molecule has 0 aliphatic carbocycles. The van der Waals surface area contributed by atoms with Crippen molar-refractivity contribution in [2.75, 3.05) is 4.72 Å². The maximum atomic E-state index is 12.7. The van der Waals surface area contributed by atoms with Crippen LogP contribution in [0.5, 0.6) is 5.75 Å². The molecule has 1 atom stereocenters. The van der Waals surface area contributed by atoms with E-state index in [2.05, 4.69) is 9.46 Å². The largest absolute Gasteiger partial charge is 0.573 e. The number of rotatable bonds is 8. The van der Waals surface area contributed by atoms with Crippen LogP contribution in [0.25, 0.3) is 10.9 Å². The van der Waals surface area contributed by atoms with Gasteiger partial charge in [0.1, 0.15) is 11.8 Å². The Bertz CT molecular complexity index is 1450. The number of benzene rings is 3. The summed E-state index contributed by atoms with van der Waals surface area (Å²) in [5, 5.41) is 10.4. The molecule has 0 saturated heterocycles. The van der Waals surface area contributed by atoms with E-state index in [-0.39, 0.29) is 17.0 Å². The summed E-state index contributed by atoms with van der Waals surface area (Å²) in [6, 6.07) is 18.5. The third-order valence-electron chi connectivity index (χ3n) is 5.23. The third kappa shape index (κ3) is 5.75. The molecule has 11 heteroatoms. The molecule has 1 heterocycles. The summed E-state index contributed by atoms with van der Waals surface area (Å²) >= 11 is 0.